The molecular weight excluding hydrogens is 340 g/mol. The van der Waals surface area contributed by atoms with Crippen molar-refractivity contribution in [3.05, 3.63) is 64.8 Å². The van der Waals surface area contributed by atoms with Gasteiger partial charge >= 0.3 is 5.69 Å². The van der Waals surface area contributed by atoms with Gasteiger partial charge in [-0.1, -0.05) is 18.2 Å². The highest BCUT2D eigenvalue weighted by molar-refractivity contribution is 5.88. The number of hydrogen-bond acceptors (Lipinski definition) is 5. The van der Waals surface area contributed by atoms with Crippen LogP contribution in [-0.2, 0) is 6.54 Å². The van der Waals surface area contributed by atoms with Crippen LogP contribution in [0.1, 0.15) is 5.69 Å². The maximum Gasteiger partial charge on any atom is 0.323 e. The Morgan fingerprint density at radius 1 is 0.926 bits per heavy atom. The molecule has 1 saturated heterocycles. The van der Waals surface area contributed by atoms with Gasteiger partial charge in [-0.05, 0) is 24.3 Å². The zero-order valence-electron chi connectivity index (χ0n) is 14.9. The van der Waals surface area contributed by atoms with Crippen molar-refractivity contribution in [1.29, 1.82) is 0 Å². The highest BCUT2D eigenvalue weighted by Crippen LogP contribution is 2.24. The molecule has 2 aromatic heterocycles. The minimum atomic E-state index is -0.161. The van der Waals surface area contributed by atoms with Crippen LogP contribution < -0.4 is 10.6 Å². The fraction of sp³-hybridized carbons (Fsp3) is 0.250. The van der Waals surface area contributed by atoms with E-state index in [4.69, 9.17) is 4.98 Å². The van der Waals surface area contributed by atoms with Crippen LogP contribution in [0.2, 0.25) is 0 Å². The summed E-state index contributed by atoms with van der Waals surface area (Å²) < 4.78 is 0. The predicted molar refractivity (Wildman–Crippen MR) is 106 cm³/mol. The summed E-state index contributed by atoms with van der Waals surface area (Å²) in [6, 6.07) is 13.9. The van der Waals surface area contributed by atoms with Gasteiger partial charge in [0, 0.05) is 32.7 Å². The molecule has 136 valence electrons. The summed E-state index contributed by atoms with van der Waals surface area (Å²) in [5, 5.41) is 0. The molecule has 0 bridgehead atoms. The summed E-state index contributed by atoms with van der Waals surface area (Å²) in [5.41, 5.74) is 5.53. The van der Waals surface area contributed by atoms with E-state index in [0.29, 0.717) is 0 Å². The third-order valence-electron chi connectivity index (χ3n) is 5.13. The molecule has 1 aliphatic heterocycles. The summed E-state index contributed by atoms with van der Waals surface area (Å²) in [6.45, 7) is 4.51. The van der Waals surface area contributed by atoms with E-state index < -0.39 is 0 Å². The molecule has 1 fully saturated rings. The molecule has 3 heterocycles. The zero-order valence-corrected chi connectivity index (χ0v) is 14.9. The van der Waals surface area contributed by atoms with E-state index in [9.17, 15) is 4.79 Å². The minimum Gasteiger partial charge on any atom is -0.367 e. The fourth-order valence-corrected chi connectivity index (χ4v) is 3.75. The van der Waals surface area contributed by atoms with Crippen molar-refractivity contribution in [2.24, 2.45) is 0 Å². The van der Waals surface area contributed by atoms with Gasteiger partial charge in [0.15, 0.2) is 0 Å². The number of anilines is 1. The molecular formula is C20H20N6O. The van der Waals surface area contributed by atoms with Gasteiger partial charge in [0.05, 0.1) is 39.6 Å². The average molecular weight is 360 g/mol. The first-order chi connectivity index (χ1) is 13.3. The lowest BCUT2D eigenvalue weighted by Crippen LogP contribution is -2.46. The van der Waals surface area contributed by atoms with Crippen molar-refractivity contribution < 1.29 is 0 Å². The van der Waals surface area contributed by atoms with Gasteiger partial charge in [-0.3, -0.25) is 9.88 Å². The lowest BCUT2D eigenvalue weighted by atomic mass is 10.2. The molecule has 5 rings (SSSR count). The van der Waals surface area contributed by atoms with Crippen LogP contribution in [0.25, 0.3) is 22.1 Å². The van der Waals surface area contributed by atoms with Crippen molar-refractivity contribution in [3.63, 3.8) is 0 Å². The molecule has 0 aliphatic carbocycles. The van der Waals surface area contributed by atoms with Crippen molar-refractivity contribution in [3.8, 4) is 0 Å². The number of nitrogens with zero attached hydrogens (tertiary/aromatic N) is 4. The van der Waals surface area contributed by atoms with E-state index in [1.54, 1.807) is 0 Å². The SMILES string of the molecule is O=c1[nH]c2cccc(N3CCN(Cc4cnc5ccccc5n4)CC3)c2[nH]1. The smallest absolute Gasteiger partial charge is 0.323 e. The third-order valence-corrected chi connectivity index (χ3v) is 5.13. The lowest BCUT2D eigenvalue weighted by Gasteiger charge is -2.36. The van der Waals surface area contributed by atoms with Crippen LogP contribution in [0, 0.1) is 0 Å². The molecule has 0 spiro atoms. The topological polar surface area (TPSA) is 80.9 Å². The molecule has 2 aromatic carbocycles. The summed E-state index contributed by atoms with van der Waals surface area (Å²) >= 11 is 0. The minimum absolute atomic E-state index is 0.161. The molecule has 0 atom stereocenters. The van der Waals surface area contributed by atoms with Crippen molar-refractivity contribution in [2.75, 3.05) is 31.1 Å². The van der Waals surface area contributed by atoms with Crippen LogP contribution in [0.3, 0.4) is 0 Å². The van der Waals surface area contributed by atoms with Crippen LogP contribution in [-0.4, -0.2) is 51.0 Å². The second-order valence-corrected chi connectivity index (χ2v) is 6.89. The number of nitrogens with one attached hydrogen (secondary N) is 2. The van der Waals surface area contributed by atoms with Gasteiger partial charge in [-0.25, -0.2) is 9.78 Å². The predicted octanol–water partition coefficient (Wildman–Crippen LogP) is 2.12. The van der Waals surface area contributed by atoms with Crippen molar-refractivity contribution in [2.45, 2.75) is 6.54 Å². The number of fused-ring (bicyclic) bond motifs is 2. The van der Waals surface area contributed by atoms with Gasteiger partial charge in [0.25, 0.3) is 0 Å². The first-order valence-corrected chi connectivity index (χ1v) is 9.15. The number of aromatic nitrogens is 4. The van der Waals surface area contributed by atoms with Crippen molar-refractivity contribution >= 4 is 27.8 Å². The second-order valence-electron chi connectivity index (χ2n) is 6.89. The number of hydrogen-bond donors (Lipinski definition) is 2. The largest absolute Gasteiger partial charge is 0.367 e. The molecule has 0 amide bonds. The molecule has 0 saturated carbocycles. The van der Waals surface area contributed by atoms with E-state index in [2.05, 4.69) is 30.8 Å². The van der Waals surface area contributed by atoms with Gasteiger partial charge in [0.1, 0.15) is 0 Å². The molecule has 0 unspecified atom stereocenters. The Balaban J connectivity index is 1.30. The van der Waals surface area contributed by atoms with Crippen molar-refractivity contribution in [1.82, 2.24) is 24.8 Å². The Hall–Kier alpha value is -3.19. The molecule has 1 aliphatic rings. The molecule has 7 nitrogen and oxygen atoms in total. The fourth-order valence-electron chi connectivity index (χ4n) is 3.75. The standard InChI is InChI=1S/C20H20N6O/c27-20-23-17-6-3-7-18(19(17)24-20)26-10-8-25(9-11-26)13-14-12-21-15-4-1-2-5-16(15)22-14/h1-7,12H,8-11,13H2,(H2,23,24,27). The monoisotopic (exact) mass is 360 g/mol. The summed E-state index contributed by atoms with van der Waals surface area (Å²) in [6.07, 6.45) is 1.87. The van der Waals surface area contributed by atoms with Gasteiger partial charge in [-0.2, -0.15) is 0 Å². The van der Waals surface area contributed by atoms with Gasteiger partial charge in [-0.15, -0.1) is 0 Å². The Bertz CT molecular complexity index is 1160. The molecule has 27 heavy (non-hydrogen) atoms. The van der Waals surface area contributed by atoms with E-state index >= 15 is 0 Å². The van der Waals surface area contributed by atoms with Crippen LogP contribution in [0.5, 0.6) is 0 Å². The third kappa shape index (κ3) is 3.06. The number of H-pyrrole nitrogens is 2. The number of aromatic amines is 2. The maximum atomic E-state index is 11.6. The highest BCUT2D eigenvalue weighted by Gasteiger charge is 2.20. The quantitative estimate of drug-likeness (QED) is 0.585. The van der Waals surface area contributed by atoms with Gasteiger partial charge < -0.3 is 14.9 Å². The van der Waals surface area contributed by atoms with Crippen LogP contribution in [0.4, 0.5) is 5.69 Å². The summed E-state index contributed by atoms with van der Waals surface area (Å²) in [4.78, 5) is 31.3. The number of rotatable bonds is 3. The van der Waals surface area contributed by atoms with Crippen LogP contribution >= 0.6 is 0 Å². The Kier molecular flexibility index (Phi) is 3.86. The number of imidazole rings is 1. The Morgan fingerprint density at radius 3 is 2.59 bits per heavy atom. The van der Waals surface area contributed by atoms with Gasteiger partial charge in [0.2, 0.25) is 0 Å². The Morgan fingerprint density at radius 2 is 1.74 bits per heavy atom. The molecule has 0 radical (unpaired) electrons. The highest BCUT2D eigenvalue weighted by atomic mass is 16.1. The number of piperazine rings is 1. The Labute approximate surface area is 155 Å². The maximum absolute atomic E-state index is 11.6. The van der Waals surface area contributed by atoms with E-state index in [1.807, 2.05) is 42.6 Å². The zero-order chi connectivity index (χ0) is 18.2. The van der Waals surface area contributed by atoms with E-state index in [1.165, 1.54) is 0 Å². The van der Waals surface area contributed by atoms with Crippen LogP contribution in [0.15, 0.2) is 53.5 Å². The number of benzene rings is 2. The first-order valence-electron chi connectivity index (χ1n) is 9.15. The summed E-state index contributed by atoms with van der Waals surface area (Å²) in [5.74, 6) is 0. The lowest BCUT2D eigenvalue weighted by molar-refractivity contribution is 0.247. The normalized spacial score (nSPS) is 15.6. The number of para-hydroxylation sites is 3. The molecule has 2 N–H and O–H groups in total. The van der Waals surface area contributed by atoms with E-state index in [-0.39, 0.29) is 5.69 Å². The average Bonchev–Trinajstić information content (AvgIpc) is 3.09. The van der Waals surface area contributed by atoms with E-state index in [0.717, 1.165) is 66.2 Å². The molecule has 4 aromatic rings. The second kappa shape index (κ2) is 6.51. The molecule has 7 heteroatoms. The first kappa shape index (κ1) is 16.0. The summed E-state index contributed by atoms with van der Waals surface area (Å²) in [7, 11) is 0.